The molecule has 0 unspecified atom stereocenters. The molecule has 4 heteroatoms. The van der Waals surface area contributed by atoms with Gasteiger partial charge in [0.1, 0.15) is 11.5 Å². The normalized spacial score (nSPS) is 16.8. The largest absolute Gasteiger partial charge is 0.510 e. The molecule has 0 amide bonds. The predicted octanol–water partition coefficient (Wildman–Crippen LogP) is 0. The van der Waals surface area contributed by atoms with Gasteiger partial charge in [-0.05, 0) is 12.2 Å². The predicted molar refractivity (Wildman–Crippen MR) is 34.4 cm³/mol. The number of carbonyl (C=O) groups is 1. The van der Waals surface area contributed by atoms with E-state index in [2.05, 4.69) is 5.32 Å². The van der Waals surface area contributed by atoms with E-state index in [0.717, 1.165) is 0 Å². The molecule has 0 spiro atoms. The quantitative estimate of drug-likeness (QED) is 0.480. The summed E-state index contributed by atoms with van der Waals surface area (Å²) >= 11 is 0. The number of dihydropyridines is 1. The first-order valence-electron chi connectivity index (χ1n) is 2.77. The zero-order valence-electron chi connectivity index (χ0n) is 5.16. The third-order valence-electron chi connectivity index (χ3n) is 1.13. The lowest BCUT2D eigenvalue weighted by atomic mass is 10.3. The molecule has 0 saturated heterocycles. The summed E-state index contributed by atoms with van der Waals surface area (Å²) in [6.45, 7) is 0.193. The second-order valence-electron chi connectivity index (χ2n) is 1.90. The summed E-state index contributed by atoms with van der Waals surface area (Å²) in [5.41, 5.74) is 0.109. The number of nitrogens with one attached hydrogen (secondary N) is 1. The summed E-state index contributed by atoms with van der Waals surface area (Å²) in [4.78, 5) is 10.2. The lowest BCUT2D eigenvalue weighted by Gasteiger charge is -2.09. The second-order valence-corrected chi connectivity index (χ2v) is 1.90. The first kappa shape index (κ1) is 6.67. The highest BCUT2D eigenvalue weighted by Gasteiger charge is 2.08. The number of carboxylic acid groups (broad SMARTS) is 1. The smallest absolute Gasteiger partial charge is 0.351 e. The van der Waals surface area contributed by atoms with Crippen molar-refractivity contribution in [3.05, 3.63) is 23.6 Å². The molecule has 4 nitrogen and oxygen atoms in total. The van der Waals surface area contributed by atoms with Gasteiger partial charge in [-0.3, -0.25) is 0 Å². The van der Waals surface area contributed by atoms with Gasteiger partial charge in [-0.2, -0.15) is 0 Å². The van der Waals surface area contributed by atoms with Gasteiger partial charge in [-0.1, -0.05) is 0 Å². The van der Waals surface area contributed by atoms with Gasteiger partial charge in [0.15, 0.2) is 0 Å². The Morgan fingerprint density at radius 2 is 2.30 bits per heavy atom. The minimum Gasteiger partial charge on any atom is -0.510 e. The van der Waals surface area contributed by atoms with E-state index < -0.39 is 5.97 Å². The average molecular weight is 141 g/mol. The van der Waals surface area contributed by atoms with Crippen molar-refractivity contribution in [2.24, 2.45) is 0 Å². The molecule has 0 radical (unpaired) electrons. The Bertz CT molecular complexity index is 217. The van der Waals surface area contributed by atoms with E-state index in [4.69, 9.17) is 10.2 Å². The van der Waals surface area contributed by atoms with E-state index in [1.54, 1.807) is 0 Å². The monoisotopic (exact) mass is 141 g/mol. The van der Waals surface area contributed by atoms with Crippen LogP contribution in [0.3, 0.4) is 0 Å². The molecule has 0 aliphatic carbocycles. The SMILES string of the molecule is O=C(O)C1=CC=C(O)CN1. The summed E-state index contributed by atoms with van der Waals surface area (Å²) in [6, 6.07) is 0. The van der Waals surface area contributed by atoms with Crippen LogP contribution in [0.15, 0.2) is 23.6 Å². The number of aliphatic carboxylic acids is 1. The summed E-state index contributed by atoms with van der Waals surface area (Å²) in [6.07, 6.45) is 2.68. The Balaban J connectivity index is 2.74. The van der Waals surface area contributed by atoms with Crippen molar-refractivity contribution >= 4 is 5.97 Å². The number of rotatable bonds is 1. The lowest BCUT2D eigenvalue weighted by Crippen LogP contribution is -2.24. The van der Waals surface area contributed by atoms with Gasteiger partial charge in [0, 0.05) is 0 Å². The Labute approximate surface area is 57.5 Å². The Morgan fingerprint density at radius 3 is 2.70 bits per heavy atom. The number of carboxylic acids is 1. The van der Waals surface area contributed by atoms with Crippen LogP contribution in [0.5, 0.6) is 0 Å². The molecule has 0 aromatic carbocycles. The molecule has 0 fully saturated rings. The molecule has 0 bridgehead atoms. The van der Waals surface area contributed by atoms with Crippen molar-refractivity contribution in [2.75, 3.05) is 6.54 Å². The molecule has 10 heavy (non-hydrogen) atoms. The van der Waals surface area contributed by atoms with Crippen LogP contribution in [0, 0.1) is 0 Å². The van der Waals surface area contributed by atoms with Gasteiger partial charge in [-0.25, -0.2) is 4.79 Å². The first-order chi connectivity index (χ1) is 4.70. The molecule has 1 aliphatic rings. The fraction of sp³-hybridized carbons (Fsp3) is 0.167. The summed E-state index contributed by atoms with van der Waals surface area (Å²) in [7, 11) is 0. The standard InChI is InChI=1S/C6H7NO3/c8-4-1-2-5(6(9)10)7-3-4/h1-2,7-8H,3H2,(H,9,10). The molecular weight excluding hydrogens is 134 g/mol. The molecule has 3 N–H and O–H groups in total. The van der Waals surface area contributed by atoms with Crippen LogP contribution < -0.4 is 5.32 Å². The topological polar surface area (TPSA) is 69.6 Å². The van der Waals surface area contributed by atoms with Crippen LogP contribution in [-0.4, -0.2) is 22.7 Å². The minimum absolute atomic E-state index is 0.109. The zero-order valence-corrected chi connectivity index (χ0v) is 5.16. The van der Waals surface area contributed by atoms with E-state index in [1.165, 1.54) is 12.2 Å². The highest BCUT2D eigenvalue weighted by molar-refractivity contribution is 5.86. The molecule has 1 rings (SSSR count). The molecule has 54 valence electrons. The van der Waals surface area contributed by atoms with E-state index in [1.807, 2.05) is 0 Å². The van der Waals surface area contributed by atoms with E-state index >= 15 is 0 Å². The fourth-order valence-corrected chi connectivity index (χ4v) is 0.630. The van der Waals surface area contributed by atoms with Gasteiger partial charge in [0.25, 0.3) is 0 Å². The van der Waals surface area contributed by atoms with Crippen molar-refractivity contribution in [2.45, 2.75) is 0 Å². The number of aliphatic hydroxyl groups excluding tert-OH is 1. The highest BCUT2D eigenvalue weighted by Crippen LogP contribution is 2.00. The maximum atomic E-state index is 10.2. The van der Waals surface area contributed by atoms with Gasteiger partial charge < -0.3 is 15.5 Å². The number of hydrogen-bond donors (Lipinski definition) is 3. The van der Waals surface area contributed by atoms with Crippen LogP contribution in [0.25, 0.3) is 0 Å². The van der Waals surface area contributed by atoms with Gasteiger partial charge in [0.2, 0.25) is 0 Å². The average Bonchev–Trinajstić information content (AvgIpc) is 1.88. The molecular formula is C6H7NO3. The van der Waals surface area contributed by atoms with Gasteiger partial charge >= 0.3 is 5.97 Å². The number of hydrogen-bond acceptors (Lipinski definition) is 3. The second kappa shape index (κ2) is 2.43. The van der Waals surface area contributed by atoms with Crippen molar-refractivity contribution < 1.29 is 15.0 Å². The molecule has 1 aliphatic heterocycles. The fourth-order valence-electron chi connectivity index (χ4n) is 0.630. The third-order valence-corrected chi connectivity index (χ3v) is 1.13. The lowest BCUT2D eigenvalue weighted by molar-refractivity contribution is -0.133. The Kier molecular flexibility index (Phi) is 1.62. The minimum atomic E-state index is -1.01. The van der Waals surface area contributed by atoms with Gasteiger partial charge in [0.05, 0.1) is 6.54 Å². The maximum Gasteiger partial charge on any atom is 0.351 e. The summed E-state index contributed by atoms with van der Waals surface area (Å²) in [5, 5.41) is 19.7. The van der Waals surface area contributed by atoms with E-state index in [-0.39, 0.29) is 18.0 Å². The molecule has 0 aromatic rings. The molecule has 0 saturated carbocycles. The number of aliphatic hydroxyl groups is 1. The van der Waals surface area contributed by atoms with Crippen LogP contribution in [0.2, 0.25) is 0 Å². The van der Waals surface area contributed by atoms with Crippen molar-refractivity contribution in [1.29, 1.82) is 0 Å². The maximum absolute atomic E-state index is 10.2. The van der Waals surface area contributed by atoms with Crippen molar-refractivity contribution in [3.63, 3.8) is 0 Å². The first-order valence-corrected chi connectivity index (χ1v) is 2.77. The zero-order chi connectivity index (χ0) is 7.56. The number of allylic oxidation sites excluding steroid dienone is 2. The van der Waals surface area contributed by atoms with Gasteiger partial charge in [-0.15, -0.1) is 0 Å². The summed E-state index contributed by atoms with van der Waals surface area (Å²) in [5.74, 6) is -0.867. The highest BCUT2D eigenvalue weighted by atomic mass is 16.4. The van der Waals surface area contributed by atoms with Crippen LogP contribution in [0.1, 0.15) is 0 Å². The van der Waals surface area contributed by atoms with Crippen LogP contribution >= 0.6 is 0 Å². The van der Waals surface area contributed by atoms with E-state index in [0.29, 0.717) is 0 Å². The van der Waals surface area contributed by atoms with Crippen LogP contribution in [-0.2, 0) is 4.79 Å². The summed E-state index contributed by atoms with van der Waals surface area (Å²) < 4.78 is 0. The molecule has 0 atom stereocenters. The Morgan fingerprint density at radius 1 is 1.60 bits per heavy atom. The van der Waals surface area contributed by atoms with Crippen molar-refractivity contribution in [3.8, 4) is 0 Å². The third kappa shape index (κ3) is 1.28. The Hall–Kier alpha value is -1.45. The van der Waals surface area contributed by atoms with Crippen LogP contribution in [0.4, 0.5) is 0 Å². The molecule has 1 heterocycles. The molecule has 0 aromatic heterocycles. The van der Waals surface area contributed by atoms with E-state index in [9.17, 15) is 4.79 Å². The van der Waals surface area contributed by atoms with Crippen molar-refractivity contribution in [1.82, 2.24) is 5.32 Å².